The summed E-state index contributed by atoms with van der Waals surface area (Å²) in [6.45, 7) is 6.20. The van der Waals surface area contributed by atoms with E-state index in [1.807, 2.05) is 29.1 Å². The van der Waals surface area contributed by atoms with Crippen molar-refractivity contribution in [2.45, 2.75) is 96.6 Å². The summed E-state index contributed by atoms with van der Waals surface area (Å²) >= 11 is 0. The molecule has 304 valence electrons. The number of imide groups is 2. The Balaban J connectivity index is 0.837. The molecule has 0 saturated carbocycles. The van der Waals surface area contributed by atoms with Crippen LogP contribution in [0.5, 0.6) is 0 Å². The fraction of sp³-hybridized carbons (Fsp3) is 0.442. The van der Waals surface area contributed by atoms with Crippen LogP contribution >= 0.6 is 0 Å². The molecule has 1 saturated heterocycles. The second-order valence-corrected chi connectivity index (χ2v) is 16.5. The summed E-state index contributed by atoms with van der Waals surface area (Å²) in [4.78, 5) is 79.2. The molecule has 2 unspecified atom stereocenters. The number of carbonyl (C=O) groups is 6. The van der Waals surface area contributed by atoms with Crippen LogP contribution < -0.4 is 16.0 Å². The highest BCUT2D eigenvalue weighted by atomic mass is 16.2. The van der Waals surface area contributed by atoms with Crippen molar-refractivity contribution in [1.82, 2.24) is 35.1 Å². The van der Waals surface area contributed by atoms with E-state index in [0.29, 0.717) is 29.9 Å². The molecule has 2 aromatic carbocycles. The van der Waals surface area contributed by atoms with Crippen molar-refractivity contribution >= 4 is 46.8 Å². The van der Waals surface area contributed by atoms with E-state index in [1.54, 1.807) is 12.3 Å². The first-order valence-corrected chi connectivity index (χ1v) is 20.2. The van der Waals surface area contributed by atoms with Crippen LogP contribution in [0.3, 0.4) is 0 Å². The number of unbranched alkanes of at least 4 members (excludes halogenated alkanes) is 3. The third kappa shape index (κ3) is 9.09. The van der Waals surface area contributed by atoms with Gasteiger partial charge in [0.2, 0.25) is 17.7 Å². The quantitative estimate of drug-likeness (QED) is 0.0865. The summed E-state index contributed by atoms with van der Waals surface area (Å²) in [5, 5.41) is 20.1. The van der Waals surface area contributed by atoms with Gasteiger partial charge in [-0.1, -0.05) is 57.0 Å². The van der Waals surface area contributed by atoms with Crippen LogP contribution in [0.2, 0.25) is 0 Å². The lowest BCUT2D eigenvalue weighted by molar-refractivity contribution is -0.136. The normalized spacial score (nSPS) is 17.9. The number of piperidine rings is 1. The molecule has 0 radical (unpaired) electrons. The Labute approximate surface area is 337 Å². The Bertz CT molecular complexity index is 2210. The molecule has 1 fully saturated rings. The molecule has 4 aromatic rings. The zero-order valence-corrected chi connectivity index (χ0v) is 33.3. The van der Waals surface area contributed by atoms with Crippen LogP contribution in [0, 0.1) is 5.41 Å². The van der Waals surface area contributed by atoms with E-state index >= 15 is 0 Å². The molecule has 4 heterocycles. The maximum absolute atomic E-state index is 13.3. The SMILES string of the molecule is CN(CCCCCCC(=O)Nc1ccc2c(c1)C(=O)N(C1CCC(=O)NC1=O)C2=O)CCC(c1ccccc1)n1cc(NC(=O)c2n[nH]c3c2CCC(C)(C)C3)cn1. The number of hydrogen-bond donors (Lipinski definition) is 4. The summed E-state index contributed by atoms with van der Waals surface area (Å²) in [5.74, 6) is -2.72. The highest BCUT2D eigenvalue weighted by molar-refractivity contribution is 6.24. The molecule has 2 aliphatic heterocycles. The second kappa shape index (κ2) is 17.3. The van der Waals surface area contributed by atoms with Crippen LogP contribution in [0.4, 0.5) is 11.4 Å². The molecule has 2 atom stereocenters. The number of hydrogen-bond acceptors (Lipinski definition) is 9. The summed E-state index contributed by atoms with van der Waals surface area (Å²) in [6.07, 6.45) is 11.1. The minimum atomic E-state index is -1.04. The fourth-order valence-electron chi connectivity index (χ4n) is 8.17. The van der Waals surface area contributed by atoms with Gasteiger partial charge in [0, 0.05) is 42.5 Å². The highest BCUT2D eigenvalue weighted by Gasteiger charge is 2.44. The molecule has 0 bridgehead atoms. The lowest BCUT2D eigenvalue weighted by atomic mass is 9.76. The van der Waals surface area contributed by atoms with Gasteiger partial charge in [0.1, 0.15) is 6.04 Å². The van der Waals surface area contributed by atoms with E-state index in [4.69, 9.17) is 0 Å². The zero-order valence-electron chi connectivity index (χ0n) is 33.3. The van der Waals surface area contributed by atoms with Crippen molar-refractivity contribution in [3.05, 3.63) is 94.6 Å². The standard InChI is InChI=1S/C43H51N9O6/c1-43(2)20-18-31-33(24-43)48-49-38(31)40(56)46-29-25-44-51(26-29)34(27-11-7-6-8-12-27)19-22-50(3)21-10-5-4-9-13-36(53)45-28-14-15-30-32(23-28)42(58)52(41(30)57)35-16-17-37(54)47-39(35)55/h6-8,11-12,14-15,23,25-26,34-35H,4-5,9-10,13,16-22,24H2,1-3H3,(H,45,53)(H,46,56)(H,48,49)(H,47,54,55). The van der Waals surface area contributed by atoms with Crippen molar-refractivity contribution in [3.63, 3.8) is 0 Å². The number of nitrogens with one attached hydrogen (secondary N) is 4. The van der Waals surface area contributed by atoms with Gasteiger partial charge in [0.05, 0.1) is 29.1 Å². The molecule has 3 aliphatic rings. The average Bonchev–Trinajstić information content (AvgIpc) is 3.89. The Kier molecular flexibility index (Phi) is 12.0. The summed E-state index contributed by atoms with van der Waals surface area (Å²) in [5.41, 5.74) is 5.15. The van der Waals surface area contributed by atoms with Crippen LogP contribution in [-0.4, -0.2) is 91.4 Å². The van der Waals surface area contributed by atoms with E-state index in [9.17, 15) is 28.8 Å². The van der Waals surface area contributed by atoms with E-state index < -0.39 is 29.7 Å². The molecular formula is C43H51N9O6. The molecule has 15 nitrogen and oxygen atoms in total. The first-order chi connectivity index (χ1) is 27.9. The van der Waals surface area contributed by atoms with Crippen LogP contribution in [0.1, 0.15) is 126 Å². The highest BCUT2D eigenvalue weighted by Crippen LogP contribution is 2.35. The van der Waals surface area contributed by atoms with Crippen molar-refractivity contribution in [2.24, 2.45) is 5.41 Å². The molecule has 0 spiro atoms. The molecule has 6 amide bonds. The first-order valence-electron chi connectivity index (χ1n) is 20.2. The predicted octanol–water partition coefficient (Wildman–Crippen LogP) is 5.28. The van der Waals surface area contributed by atoms with Gasteiger partial charge in [0.25, 0.3) is 17.7 Å². The lowest BCUT2D eigenvalue weighted by Gasteiger charge is -2.28. The van der Waals surface area contributed by atoms with Crippen molar-refractivity contribution in [2.75, 3.05) is 30.8 Å². The number of aromatic amines is 1. The van der Waals surface area contributed by atoms with Crippen molar-refractivity contribution in [1.29, 1.82) is 0 Å². The number of H-pyrrole nitrogens is 1. The van der Waals surface area contributed by atoms with E-state index in [2.05, 4.69) is 69.2 Å². The van der Waals surface area contributed by atoms with Crippen LogP contribution in [0.15, 0.2) is 60.9 Å². The largest absolute Gasteiger partial charge is 0.326 e. The topological polar surface area (TPSA) is 191 Å². The molecule has 4 N–H and O–H groups in total. The van der Waals surface area contributed by atoms with Gasteiger partial charge >= 0.3 is 0 Å². The lowest BCUT2D eigenvalue weighted by Crippen LogP contribution is -2.54. The van der Waals surface area contributed by atoms with E-state index in [-0.39, 0.29) is 47.2 Å². The van der Waals surface area contributed by atoms with Gasteiger partial charge < -0.3 is 15.5 Å². The molecule has 7 rings (SSSR count). The number of amides is 6. The van der Waals surface area contributed by atoms with Gasteiger partial charge in [0.15, 0.2) is 5.69 Å². The fourth-order valence-corrected chi connectivity index (χ4v) is 8.17. The molecule has 15 heteroatoms. The third-order valence-corrected chi connectivity index (χ3v) is 11.4. The van der Waals surface area contributed by atoms with Gasteiger partial charge in [-0.25, -0.2) is 0 Å². The number of rotatable bonds is 16. The smallest absolute Gasteiger partial charge is 0.276 e. The molecule has 2 aromatic heterocycles. The van der Waals surface area contributed by atoms with Crippen LogP contribution in [0.25, 0.3) is 0 Å². The monoisotopic (exact) mass is 789 g/mol. The number of aromatic nitrogens is 4. The second-order valence-electron chi connectivity index (χ2n) is 16.5. The summed E-state index contributed by atoms with van der Waals surface area (Å²) in [6, 6.07) is 13.7. The molecular weight excluding hydrogens is 739 g/mol. The Morgan fingerprint density at radius 3 is 2.50 bits per heavy atom. The van der Waals surface area contributed by atoms with Gasteiger partial charge in [-0.15, -0.1) is 0 Å². The summed E-state index contributed by atoms with van der Waals surface area (Å²) < 4.78 is 1.92. The number of fused-ring (bicyclic) bond motifs is 2. The van der Waals surface area contributed by atoms with Crippen molar-refractivity contribution < 1.29 is 28.8 Å². The minimum Gasteiger partial charge on any atom is -0.326 e. The van der Waals surface area contributed by atoms with Gasteiger partial charge in [-0.05, 0) is 87.7 Å². The first kappa shape index (κ1) is 40.2. The Morgan fingerprint density at radius 1 is 0.931 bits per heavy atom. The average molecular weight is 790 g/mol. The van der Waals surface area contributed by atoms with E-state index in [0.717, 1.165) is 79.8 Å². The van der Waals surface area contributed by atoms with Crippen LogP contribution in [-0.2, 0) is 27.2 Å². The predicted molar refractivity (Wildman–Crippen MR) is 216 cm³/mol. The number of carbonyl (C=O) groups excluding carboxylic acids is 6. The number of anilines is 2. The van der Waals surface area contributed by atoms with Gasteiger partial charge in [-0.2, -0.15) is 10.2 Å². The van der Waals surface area contributed by atoms with Crippen molar-refractivity contribution in [3.8, 4) is 0 Å². The molecule has 1 aliphatic carbocycles. The maximum Gasteiger partial charge on any atom is 0.276 e. The number of nitrogens with zero attached hydrogens (tertiary/aromatic N) is 5. The minimum absolute atomic E-state index is 0.0262. The van der Waals surface area contributed by atoms with Gasteiger partial charge in [-0.3, -0.25) is 48.8 Å². The van der Waals surface area contributed by atoms with E-state index in [1.165, 1.54) is 12.1 Å². The summed E-state index contributed by atoms with van der Waals surface area (Å²) in [7, 11) is 2.11. The Morgan fingerprint density at radius 2 is 1.71 bits per heavy atom. The Hall–Kier alpha value is -5.96. The molecule has 58 heavy (non-hydrogen) atoms. The zero-order chi connectivity index (χ0) is 41.0. The number of benzene rings is 2. The maximum atomic E-state index is 13.3. The third-order valence-electron chi connectivity index (χ3n) is 11.4.